The molecule has 35 heavy (non-hydrogen) atoms. The van der Waals surface area contributed by atoms with Gasteiger partial charge in [-0.3, -0.25) is 0 Å². The molecule has 1 fully saturated rings. The lowest BCUT2D eigenvalue weighted by Crippen LogP contribution is -2.25. The van der Waals surface area contributed by atoms with Gasteiger partial charge < -0.3 is 14.7 Å². The largest absolute Gasteiger partial charge is 0.508 e. The first-order chi connectivity index (χ1) is 17.3. The minimum Gasteiger partial charge on any atom is -0.508 e. The van der Waals surface area contributed by atoms with Crippen molar-refractivity contribution < 1.29 is 9.84 Å². The molecule has 3 aromatic rings. The molecular formula is C31H37NO2S. The quantitative estimate of drug-likeness (QED) is 0.238. The summed E-state index contributed by atoms with van der Waals surface area (Å²) in [6.07, 6.45) is 8.11. The molecule has 0 bridgehead atoms. The Kier molecular flexibility index (Phi) is 8.33. The van der Waals surface area contributed by atoms with E-state index in [-0.39, 0.29) is 11.8 Å². The second-order valence-electron chi connectivity index (χ2n) is 9.91. The molecule has 0 radical (unpaired) electrons. The number of rotatable bonds is 10. The number of fused-ring (bicyclic) bond motifs is 1. The molecule has 2 aliphatic rings. The van der Waals surface area contributed by atoms with Crippen LogP contribution in [0.1, 0.15) is 67.1 Å². The number of likely N-dealkylation sites (tertiary alicyclic amines) is 1. The van der Waals surface area contributed by atoms with E-state index < -0.39 is 0 Å². The Balaban J connectivity index is 1.20. The van der Waals surface area contributed by atoms with Gasteiger partial charge >= 0.3 is 0 Å². The lowest BCUT2D eigenvalue weighted by molar-refractivity contribution is 0.248. The van der Waals surface area contributed by atoms with Crippen LogP contribution in [-0.2, 0) is 0 Å². The van der Waals surface area contributed by atoms with E-state index in [1.807, 2.05) is 23.9 Å². The molecule has 3 aromatic carbocycles. The molecule has 2 heterocycles. The number of aromatic hydroxyl groups is 1. The van der Waals surface area contributed by atoms with Gasteiger partial charge in [-0.15, -0.1) is 11.8 Å². The zero-order valence-corrected chi connectivity index (χ0v) is 21.4. The van der Waals surface area contributed by atoms with Crippen molar-refractivity contribution in [2.75, 3.05) is 32.0 Å². The maximum absolute atomic E-state index is 10.2. The predicted octanol–water partition coefficient (Wildman–Crippen LogP) is 7.45. The lowest BCUT2D eigenvalue weighted by Gasteiger charge is -2.34. The van der Waals surface area contributed by atoms with Crippen LogP contribution in [0.2, 0.25) is 0 Å². The molecule has 0 aromatic heterocycles. The molecule has 0 amide bonds. The average molecular weight is 488 g/mol. The van der Waals surface area contributed by atoms with Gasteiger partial charge in [-0.25, -0.2) is 0 Å². The molecule has 3 nitrogen and oxygen atoms in total. The van der Waals surface area contributed by atoms with Crippen LogP contribution in [0.3, 0.4) is 0 Å². The molecule has 0 aliphatic carbocycles. The number of ether oxygens (including phenoxy) is 1. The van der Waals surface area contributed by atoms with E-state index in [4.69, 9.17) is 4.74 Å². The zero-order valence-electron chi connectivity index (χ0n) is 20.6. The molecule has 1 N–H and O–H groups in total. The molecule has 1 saturated heterocycles. The summed E-state index contributed by atoms with van der Waals surface area (Å²) < 4.78 is 6.13. The highest BCUT2D eigenvalue weighted by Crippen LogP contribution is 2.47. The number of phenolic OH excluding ortho intramolecular Hbond substituents is 1. The molecule has 5 rings (SSSR count). The third-order valence-electron chi connectivity index (χ3n) is 7.45. The topological polar surface area (TPSA) is 32.7 Å². The summed E-state index contributed by atoms with van der Waals surface area (Å²) in [6.45, 7) is 4.57. The molecule has 0 spiro atoms. The fourth-order valence-corrected chi connectivity index (χ4v) is 6.48. The smallest absolute Gasteiger partial charge is 0.123 e. The van der Waals surface area contributed by atoms with Crippen molar-refractivity contribution in [2.45, 2.75) is 55.3 Å². The second-order valence-corrected chi connectivity index (χ2v) is 11.1. The molecule has 4 heteroatoms. The Hall–Kier alpha value is -2.43. The summed E-state index contributed by atoms with van der Waals surface area (Å²) in [5.74, 6) is 2.72. The van der Waals surface area contributed by atoms with Gasteiger partial charge in [0.2, 0.25) is 0 Å². The first kappa shape index (κ1) is 24.3. The summed E-state index contributed by atoms with van der Waals surface area (Å²) in [5.41, 5.74) is 3.62. The second kappa shape index (κ2) is 12.0. The number of phenols is 1. The first-order valence-corrected chi connectivity index (χ1v) is 14.2. The maximum atomic E-state index is 10.2. The van der Waals surface area contributed by atoms with Crippen LogP contribution >= 0.6 is 11.8 Å². The number of hydrogen-bond donors (Lipinski definition) is 1. The van der Waals surface area contributed by atoms with E-state index in [1.54, 1.807) is 6.07 Å². The molecule has 184 valence electrons. The van der Waals surface area contributed by atoms with Gasteiger partial charge in [0.1, 0.15) is 11.5 Å². The van der Waals surface area contributed by atoms with Gasteiger partial charge in [-0.05, 0) is 92.5 Å². The van der Waals surface area contributed by atoms with Crippen LogP contribution in [0.25, 0.3) is 0 Å². The highest BCUT2D eigenvalue weighted by atomic mass is 32.2. The number of hydrogen-bond acceptors (Lipinski definition) is 4. The van der Waals surface area contributed by atoms with E-state index in [0.717, 1.165) is 11.3 Å². The molecule has 0 saturated carbocycles. The van der Waals surface area contributed by atoms with Crippen LogP contribution in [0.4, 0.5) is 0 Å². The van der Waals surface area contributed by atoms with Gasteiger partial charge in [0.15, 0.2) is 0 Å². The monoisotopic (exact) mass is 487 g/mol. The molecule has 2 aliphatic heterocycles. The Morgan fingerprint density at radius 1 is 0.829 bits per heavy atom. The predicted molar refractivity (Wildman–Crippen MR) is 146 cm³/mol. The van der Waals surface area contributed by atoms with Crippen LogP contribution in [0.15, 0.2) is 77.7 Å². The lowest BCUT2D eigenvalue weighted by atomic mass is 9.76. The molecule has 2 atom stereocenters. The Bertz CT molecular complexity index is 1060. The van der Waals surface area contributed by atoms with E-state index in [9.17, 15) is 5.11 Å². The molecular weight excluding hydrogens is 450 g/mol. The standard InChI is InChI=1S/C31H37NO2S/c33-26-14-17-30-28(22-26)31(29(23-34-30)24-10-4-3-5-11-24)25-12-15-27(16-13-25)35-21-9-2-1-6-18-32-19-7-8-20-32/h3-5,10-17,22,29,31,33H,1-2,6-9,18-21,23H2. The van der Waals surface area contributed by atoms with Crippen molar-refractivity contribution >= 4 is 11.8 Å². The van der Waals surface area contributed by atoms with Crippen molar-refractivity contribution in [3.8, 4) is 11.5 Å². The van der Waals surface area contributed by atoms with Crippen LogP contribution in [-0.4, -0.2) is 42.0 Å². The Morgan fingerprint density at radius 2 is 1.60 bits per heavy atom. The van der Waals surface area contributed by atoms with E-state index in [2.05, 4.69) is 59.5 Å². The number of unbranched alkanes of at least 4 members (excludes halogenated alkanes) is 3. The number of benzene rings is 3. The minimum atomic E-state index is 0.155. The van der Waals surface area contributed by atoms with Gasteiger partial charge in [0, 0.05) is 22.3 Å². The third-order valence-corrected chi connectivity index (χ3v) is 8.55. The zero-order chi connectivity index (χ0) is 23.9. The van der Waals surface area contributed by atoms with Crippen LogP contribution < -0.4 is 4.74 Å². The van der Waals surface area contributed by atoms with E-state index in [1.165, 1.54) is 79.9 Å². The van der Waals surface area contributed by atoms with Gasteiger partial charge in [0.05, 0.1) is 6.61 Å². The maximum Gasteiger partial charge on any atom is 0.123 e. The van der Waals surface area contributed by atoms with Crippen molar-refractivity contribution in [1.29, 1.82) is 0 Å². The first-order valence-electron chi connectivity index (χ1n) is 13.2. The summed E-state index contributed by atoms with van der Waals surface area (Å²) in [5, 5.41) is 10.2. The summed E-state index contributed by atoms with van der Waals surface area (Å²) in [6, 6.07) is 25.2. The van der Waals surface area contributed by atoms with Crippen molar-refractivity contribution in [2.24, 2.45) is 0 Å². The molecule has 2 unspecified atom stereocenters. The third kappa shape index (κ3) is 6.23. The Morgan fingerprint density at radius 3 is 2.40 bits per heavy atom. The van der Waals surface area contributed by atoms with Gasteiger partial charge in [-0.1, -0.05) is 55.3 Å². The highest BCUT2D eigenvalue weighted by Gasteiger charge is 2.33. The summed E-state index contributed by atoms with van der Waals surface area (Å²) >= 11 is 1.97. The van der Waals surface area contributed by atoms with Gasteiger partial charge in [-0.2, -0.15) is 0 Å². The average Bonchev–Trinajstić information content (AvgIpc) is 3.42. The fourth-order valence-electron chi connectivity index (χ4n) is 5.56. The van der Waals surface area contributed by atoms with Gasteiger partial charge in [0.25, 0.3) is 0 Å². The van der Waals surface area contributed by atoms with Crippen molar-refractivity contribution in [1.82, 2.24) is 4.90 Å². The normalized spacial score (nSPS) is 19.9. The fraction of sp³-hybridized carbons (Fsp3) is 0.419. The minimum absolute atomic E-state index is 0.155. The van der Waals surface area contributed by atoms with Crippen molar-refractivity contribution in [3.05, 3.63) is 89.5 Å². The Labute approximate surface area is 214 Å². The highest BCUT2D eigenvalue weighted by molar-refractivity contribution is 7.99. The summed E-state index contributed by atoms with van der Waals surface area (Å²) in [7, 11) is 0. The van der Waals surface area contributed by atoms with E-state index >= 15 is 0 Å². The van der Waals surface area contributed by atoms with Crippen molar-refractivity contribution in [3.63, 3.8) is 0 Å². The van der Waals surface area contributed by atoms with Crippen LogP contribution in [0.5, 0.6) is 11.5 Å². The van der Waals surface area contributed by atoms with Crippen LogP contribution in [0, 0.1) is 0 Å². The number of thioether (sulfide) groups is 1. The number of nitrogens with zero attached hydrogens (tertiary/aromatic N) is 1. The SMILES string of the molecule is Oc1ccc2c(c1)C(c1ccc(SCCCCCCN3CCCC3)cc1)C(c1ccccc1)CO2. The summed E-state index contributed by atoms with van der Waals surface area (Å²) in [4.78, 5) is 3.96. The van der Waals surface area contributed by atoms with E-state index in [0.29, 0.717) is 12.4 Å².